The molecule has 2 aromatic rings. The first kappa shape index (κ1) is 21.9. The first-order valence-electron chi connectivity index (χ1n) is 9.24. The van der Waals surface area contributed by atoms with Crippen LogP contribution in [0.4, 0.5) is 0 Å². The van der Waals surface area contributed by atoms with Crippen LogP contribution in [0.2, 0.25) is 0 Å². The molecule has 0 aliphatic rings. The summed E-state index contributed by atoms with van der Waals surface area (Å²) in [5.41, 5.74) is 1.98. The molecule has 0 aliphatic heterocycles. The molecule has 150 valence electrons. The molecule has 2 rings (SSSR count). The van der Waals surface area contributed by atoms with Crippen molar-refractivity contribution in [1.29, 1.82) is 5.26 Å². The maximum atomic E-state index is 12.9. The molecule has 6 nitrogen and oxygen atoms in total. The first-order valence-corrected chi connectivity index (χ1v) is 10.7. The van der Waals surface area contributed by atoms with Gasteiger partial charge in [-0.3, -0.25) is 4.90 Å². The third-order valence-corrected chi connectivity index (χ3v) is 6.38. The minimum absolute atomic E-state index is 0.126. The van der Waals surface area contributed by atoms with Crippen LogP contribution in [0.5, 0.6) is 5.75 Å². The predicted molar refractivity (Wildman–Crippen MR) is 110 cm³/mol. The van der Waals surface area contributed by atoms with Gasteiger partial charge < -0.3 is 4.74 Å². The zero-order chi connectivity index (χ0) is 20.7. The average Bonchev–Trinajstić information content (AvgIpc) is 2.70. The molecule has 0 heterocycles. The van der Waals surface area contributed by atoms with E-state index in [4.69, 9.17) is 10.00 Å². The quantitative estimate of drug-likeness (QED) is 0.697. The fourth-order valence-corrected chi connectivity index (χ4v) is 4.52. The highest BCUT2D eigenvalue weighted by atomic mass is 32.2. The molecule has 7 heteroatoms. The number of rotatable bonds is 9. The van der Waals surface area contributed by atoms with Crippen molar-refractivity contribution in [2.45, 2.75) is 31.7 Å². The van der Waals surface area contributed by atoms with Gasteiger partial charge in [0.2, 0.25) is 10.0 Å². The number of methoxy groups -OCH3 is 1. The van der Waals surface area contributed by atoms with Crippen LogP contribution in [-0.4, -0.2) is 40.1 Å². The predicted octanol–water partition coefficient (Wildman–Crippen LogP) is 3.24. The van der Waals surface area contributed by atoms with E-state index >= 15 is 0 Å². The van der Waals surface area contributed by atoms with Crippen LogP contribution in [0, 0.1) is 18.3 Å². The van der Waals surface area contributed by atoms with Crippen molar-refractivity contribution in [2.24, 2.45) is 0 Å². The van der Waals surface area contributed by atoms with Gasteiger partial charge in [0.1, 0.15) is 5.75 Å². The van der Waals surface area contributed by atoms with E-state index in [0.29, 0.717) is 11.1 Å². The Balaban J connectivity index is 2.30. The van der Waals surface area contributed by atoms with E-state index < -0.39 is 10.0 Å². The Kier molecular flexibility index (Phi) is 7.58. The molecule has 0 aromatic heterocycles. The monoisotopic (exact) mass is 401 g/mol. The van der Waals surface area contributed by atoms with Crippen LogP contribution in [0.25, 0.3) is 0 Å². The molecule has 28 heavy (non-hydrogen) atoms. The van der Waals surface area contributed by atoms with Gasteiger partial charge in [0.05, 0.1) is 23.6 Å². The average molecular weight is 402 g/mol. The summed E-state index contributed by atoms with van der Waals surface area (Å²) in [7, 11) is -2.09. The van der Waals surface area contributed by atoms with E-state index in [2.05, 4.69) is 23.5 Å². The molecular weight excluding hydrogens is 374 g/mol. The van der Waals surface area contributed by atoms with Crippen molar-refractivity contribution in [3.63, 3.8) is 0 Å². The van der Waals surface area contributed by atoms with Crippen molar-refractivity contribution in [3.05, 3.63) is 59.2 Å². The number of nitrogens with zero attached hydrogens (tertiary/aromatic N) is 2. The Labute approximate surface area is 167 Å². The zero-order valence-corrected chi connectivity index (χ0v) is 17.6. The van der Waals surface area contributed by atoms with Gasteiger partial charge in [-0.1, -0.05) is 26.0 Å². The maximum absolute atomic E-state index is 12.9. The van der Waals surface area contributed by atoms with E-state index in [9.17, 15) is 8.42 Å². The minimum atomic E-state index is -3.70. The highest BCUT2D eigenvalue weighted by Gasteiger charge is 2.23. The summed E-state index contributed by atoms with van der Waals surface area (Å²) in [6.07, 6.45) is 0. The van der Waals surface area contributed by atoms with Gasteiger partial charge >= 0.3 is 0 Å². The fraction of sp³-hybridized carbons (Fsp3) is 0.381. The van der Waals surface area contributed by atoms with Crippen LogP contribution < -0.4 is 9.46 Å². The van der Waals surface area contributed by atoms with Crippen LogP contribution in [0.1, 0.15) is 36.6 Å². The molecule has 0 amide bonds. The molecule has 0 aliphatic carbocycles. The normalized spacial score (nSPS) is 12.6. The van der Waals surface area contributed by atoms with Gasteiger partial charge in [-0.05, 0) is 61.5 Å². The maximum Gasteiger partial charge on any atom is 0.240 e. The molecule has 0 saturated heterocycles. The molecule has 0 bridgehead atoms. The van der Waals surface area contributed by atoms with Crippen molar-refractivity contribution in [1.82, 2.24) is 9.62 Å². The second kappa shape index (κ2) is 9.69. The Morgan fingerprint density at radius 1 is 1.18 bits per heavy atom. The Bertz CT molecular complexity index is 948. The summed E-state index contributed by atoms with van der Waals surface area (Å²) in [5, 5.41) is 8.99. The molecule has 1 N–H and O–H groups in total. The number of hydrogen-bond donors (Lipinski definition) is 1. The van der Waals surface area contributed by atoms with Crippen LogP contribution in [-0.2, 0) is 10.0 Å². The number of nitrogens with one attached hydrogen (secondary N) is 1. The number of likely N-dealkylation sites (N-methyl/N-ethyl adjacent to an activating group) is 1. The second-order valence-corrected chi connectivity index (χ2v) is 8.19. The standard InChI is InChI=1S/C21H27N3O3S/c1-5-24(6-2)20(18-8-7-9-19(13-18)27-4)15-23-28(25,26)21-11-10-17(14-22)12-16(21)3/h7-13,20,23H,5-6,15H2,1-4H3. The summed E-state index contributed by atoms with van der Waals surface area (Å²) < 4.78 is 33.8. The second-order valence-electron chi connectivity index (χ2n) is 6.46. The number of sulfonamides is 1. The molecule has 0 radical (unpaired) electrons. The molecule has 0 fully saturated rings. The van der Waals surface area contributed by atoms with Gasteiger partial charge in [-0.25, -0.2) is 13.1 Å². The minimum Gasteiger partial charge on any atom is -0.497 e. The van der Waals surface area contributed by atoms with Gasteiger partial charge in [-0.2, -0.15) is 5.26 Å². The van der Waals surface area contributed by atoms with E-state index in [1.807, 2.05) is 30.3 Å². The number of nitriles is 1. The van der Waals surface area contributed by atoms with Gasteiger partial charge in [-0.15, -0.1) is 0 Å². The number of benzene rings is 2. The molecule has 0 spiro atoms. The summed E-state index contributed by atoms with van der Waals surface area (Å²) in [4.78, 5) is 2.39. The largest absolute Gasteiger partial charge is 0.497 e. The Hall–Kier alpha value is -2.40. The number of ether oxygens (including phenoxy) is 1. The topological polar surface area (TPSA) is 82.4 Å². The lowest BCUT2D eigenvalue weighted by Crippen LogP contribution is -2.38. The lowest BCUT2D eigenvalue weighted by Gasteiger charge is -2.30. The summed E-state index contributed by atoms with van der Waals surface area (Å²) in [5.74, 6) is 0.737. The van der Waals surface area contributed by atoms with Gasteiger partial charge in [0, 0.05) is 12.6 Å². The van der Waals surface area contributed by atoms with E-state index in [1.165, 1.54) is 12.1 Å². The van der Waals surface area contributed by atoms with Crippen molar-refractivity contribution < 1.29 is 13.2 Å². The summed E-state index contributed by atoms with van der Waals surface area (Å²) in [6, 6.07) is 14.2. The van der Waals surface area contributed by atoms with Crippen molar-refractivity contribution in [2.75, 3.05) is 26.7 Å². The van der Waals surface area contributed by atoms with E-state index in [0.717, 1.165) is 24.4 Å². The van der Waals surface area contributed by atoms with Crippen molar-refractivity contribution in [3.8, 4) is 11.8 Å². The van der Waals surface area contributed by atoms with Crippen LogP contribution >= 0.6 is 0 Å². The molecule has 1 unspecified atom stereocenters. The third-order valence-electron chi connectivity index (χ3n) is 4.79. The summed E-state index contributed by atoms with van der Waals surface area (Å²) in [6.45, 7) is 7.60. The highest BCUT2D eigenvalue weighted by Crippen LogP contribution is 2.25. The zero-order valence-electron chi connectivity index (χ0n) is 16.8. The number of aryl methyl sites for hydroxylation is 1. The third kappa shape index (κ3) is 5.10. The van der Waals surface area contributed by atoms with E-state index in [1.54, 1.807) is 20.1 Å². The highest BCUT2D eigenvalue weighted by molar-refractivity contribution is 7.89. The molecule has 2 aromatic carbocycles. The van der Waals surface area contributed by atoms with Crippen LogP contribution in [0.3, 0.4) is 0 Å². The summed E-state index contributed by atoms with van der Waals surface area (Å²) >= 11 is 0. The van der Waals surface area contributed by atoms with Gasteiger partial charge in [0.15, 0.2) is 0 Å². The lowest BCUT2D eigenvalue weighted by molar-refractivity contribution is 0.219. The van der Waals surface area contributed by atoms with Crippen LogP contribution in [0.15, 0.2) is 47.4 Å². The van der Waals surface area contributed by atoms with E-state index in [-0.39, 0.29) is 17.5 Å². The van der Waals surface area contributed by atoms with Gasteiger partial charge in [0.25, 0.3) is 0 Å². The molecular formula is C21H27N3O3S. The molecule has 1 atom stereocenters. The lowest BCUT2D eigenvalue weighted by atomic mass is 10.0. The van der Waals surface area contributed by atoms with Crippen molar-refractivity contribution >= 4 is 10.0 Å². The molecule has 0 saturated carbocycles. The number of hydrogen-bond acceptors (Lipinski definition) is 5. The first-order chi connectivity index (χ1) is 13.4. The Morgan fingerprint density at radius 2 is 1.89 bits per heavy atom. The SMILES string of the molecule is CCN(CC)C(CNS(=O)(=O)c1ccc(C#N)cc1C)c1cccc(OC)c1. The Morgan fingerprint density at radius 3 is 2.46 bits per heavy atom. The fourth-order valence-electron chi connectivity index (χ4n) is 3.26. The smallest absolute Gasteiger partial charge is 0.240 e.